The first kappa shape index (κ1) is 26.4. The number of aromatic hydroxyl groups is 1. The number of hydrogen-bond acceptors (Lipinski definition) is 7. The van der Waals surface area contributed by atoms with Crippen LogP contribution in [0.4, 0.5) is 18.9 Å². The highest BCUT2D eigenvalue weighted by molar-refractivity contribution is 9.10. The normalized spacial score (nSPS) is 16.3. The predicted octanol–water partition coefficient (Wildman–Crippen LogP) is 5.38. The topological polar surface area (TPSA) is 74.2 Å². The number of benzene rings is 2. The minimum atomic E-state index is -4.60. The van der Waals surface area contributed by atoms with Crippen LogP contribution in [0.25, 0.3) is 0 Å². The molecule has 1 atom stereocenters. The van der Waals surface area contributed by atoms with Gasteiger partial charge in [0.15, 0.2) is 11.5 Å². The van der Waals surface area contributed by atoms with E-state index in [4.69, 9.17) is 14.6 Å². The standard InChI is InChI=1S/C15H13BrF3NO3S.C6H13NO/c1-22-12-6-10(16)14(7-13(12)23-2)24-20-8-3-4-9(11(21)5-8)15(17,18)19;1-7-4-2-3-6(7)5-8/h3-7,20-21H,1-2H3;6,8H,2-5H2,1H3. The zero-order valence-electron chi connectivity index (χ0n) is 17.9. The molecule has 0 amide bonds. The van der Waals surface area contributed by atoms with Crippen molar-refractivity contribution in [1.82, 2.24) is 4.90 Å². The molecule has 6 nitrogen and oxygen atoms in total. The lowest BCUT2D eigenvalue weighted by atomic mass is 10.2. The third-order valence-corrected chi connectivity index (χ3v) is 6.72. The Morgan fingerprint density at radius 2 is 1.84 bits per heavy atom. The molecular formula is C21H26BrF3N2O4S. The first-order chi connectivity index (χ1) is 15.1. The lowest BCUT2D eigenvalue weighted by molar-refractivity contribution is -0.138. The lowest BCUT2D eigenvalue weighted by Gasteiger charge is -2.15. The number of likely N-dealkylation sites (tertiary alicyclic amines) is 1. The number of phenols is 1. The monoisotopic (exact) mass is 538 g/mol. The van der Waals surface area contributed by atoms with Gasteiger partial charge in [0.1, 0.15) is 5.75 Å². The molecule has 1 aliphatic heterocycles. The average Bonchev–Trinajstić information content (AvgIpc) is 3.17. The molecule has 1 fully saturated rings. The largest absolute Gasteiger partial charge is 0.507 e. The number of aliphatic hydroxyl groups excluding tert-OH is 1. The minimum Gasteiger partial charge on any atom is -0.507 e. The number of halogens is 4. The molecule has 2 aromatic carbocycles. The van der Waals surface area contributed by atoms with Crippen LogP contribution in [0.1, 0.15) is 18.4 Å². The van der Waals surface area contributed by atoms with Crippen molar-refractivity contribution in [3.05, 3.63) is 40.4 Å². The summed E-state index contributed by atoms with van der Waals surface area (Å²) in [5.41, 5.74) is -0.752. The summed E-state index contributed by atoms with van der Waals surface area (Å²) < 4.78 is 51.8. The van der Waals surface area contributed by atoms with E-state index in [0.717, 1.165) is 35.5 Å². The fraction of sp³-hybridized carbons (Fsp3) is 0.429. The van der Waals surface area contributed by atoms with Gasteiger partial charge in [0, 0.05) is 33.2 Å². The van der Waals surface area contributed by atoms with Crippen molar-refractivity contribution in [2.24, 2.45) is 0 Å². The summed E-state index contributed by atoms with van der Waals surface area (Å²) >= 11 is 4.53. The van der Waals surface area contributed by atoms with Crippen molar-refractivity contribution in [3.63, 3.8) is 0 Å². The Hall–Kier alpha value is -1.82. The van der Waals surface area contributed by atoms with Crippen molar-refractivity contribution < 1.29 is 32.9 Å². The SMILES string of the molecule is CN1CCCC1CO.COc1cc(Br)c(SNc2ccc(C(F)(F)F)c(O)c2)cc1OC. The van der Waals surface area contributed by atoms with Gasteiger partial charge >= 0.3 is 6.18 Å². The van der Waals surface area contributed by atoms with Crippen LogP contribution in [0.5, 0.6) is 17.2 Å². The molecule has 3 N–H and O–H groups in total. The Kier molecular flexibility index (Phi) is 9.81. The van der Waals surface area contributed by atoms with Gasteiger partial charge in [0.25, 0.3) is 0 Å². The van der Waals surface area contributed by atoms with E-state index < -0.39 is 17.5 Å². The zero-order chi connectivity index (χ0) is 23.9. The number of aliphatic hydroxyl groups is 1. The number of methoxy groups -OCH3 is 2. The molecule has 0 aromatic heterocycles. The Bertz CT molecular complexity index is 902. The van der Waals surface area contributed by atoms with Crippen molar-refractivity contribution in [2.75, 3.05) is 39.1 Å². The summed E-state index contributed by atoms with van der Waals surface area (Å²) in [7, 11) is 5.08. The molecule has 1 heterocycles. The number of nitrogens with one attached hydrogen (secondary N) is 1. The highest BCUT2D eigenvalue weighted by Crippen LogP contribution is 2.40. The molecule has 0 radical (unpaired) electrons. The van der Waals surface area contributed by atoms with Crippen LogP contribution in [0.15, 0.2) is 39.7 Å². The van der Waals surface area contributed by atoms with Crippen LogP contribution < -0.4 is 14.2 Å². The maximum Gasteiger partial charge on any atom is 0.419 e. The van der Waals surface area contributed by atoms with Gasteiger partial charge in [-0.25, -0.2) is 0 Å². The first-order valence-corrected chi connectivity index (χ1v) is 11.3. The third kappa shape index (κ3) is 7.09. The number of ether oxygens (including phenoxy) is 2. The molecule has 0 saturated carbocycles. The van der Waals surface area contributed by atoms with Gasteiger partial charge in [0.05, 0.1) is 26.4 Å². The highest BCUT2D eigenvalue weighted by atomic mass is 79.9. The second-order valence-electron chi connectivity index (χ2n) is 7.03. The van der Waals surface area contributed by atoms with Crippen LogP contribution in [0.3, 0.4) is 0 Å². The summed E-state index contributed by atoms with van der Waals surface area (Å²) in [6, 6.07) is 6.96. The van der Waals surface area contributed by atoms with Crippen molar-refractivity contribution in [3.8, 4) is 17.2 Å². The van der Waals surface area contributed by atoms with Crippen LogP contribution >= 0.6 is 27.9 Å². The van der Waals surface area contributed by atoms with Crippen molar-refractivity contribution in [2.45, 2.75) is 30.0 Å². The van der Waals surface area contributed by atoms with Gasteiger partial charge in [-0.05, 0) is 72.5 Å². The molecule has 11 heteroatoms. The van der Waals surface area contributed by atoms with E-state index in [0.29, 0.717) is 34.3 Å². The molecule has 178 valence electrons. The molecular weight excluding hydrogens is 513 g/mol. The first-order valence-electron chi connectivity index (χ1n) is 9.66. The molecule has 32 heavy (non-hydrogen) atoms. The van der Waals surface area contributed by atoms with Gasteiger partial charge in [0.2, 0.25) is 0 Å². The third-order valence-electron chi connectivity index (χ3n) is 4.90. The second kappa shape index (κ2) is 11.9. The fourth-order valence-electron chi connectivity index (χ4n) is 3.07. The van der Waals surface area contributed by atoms with Gasteiger partial charge < -0.3 is 29.3 Å². The Morgan fingerprint density at radius 3 is 2.31 bits per heavy atom. The van der Waals surface area contributed by atoms with Gasteiger partial charge in [-0.1, -0.05) is 0 Å². The van der Waals surface area contributed by atoms with Crippen LogP contribution in [0.2, 0.25) is 0 Å². The number of rotatable bonds is 6. The number of anilines is 1. The van der Waals surface area contributed by atoms with Gasteiger partial charge in [-0.2, -0.15) is 13.2 Å². The Balaban J connectivity index is 0.000000380. The van der Waals surface area contributed by atoms with Crippen LogP contribution in [-0.2, 0) is 6.18 Å². The number of phenolic OH excluding ortho intramolecular Hbond substituents is 1. The lowest BCUT2D eigenvalue weighted by Crippen LogP contribution is -2.27. The van der Waals surface area contributed by atoms with Gasteiger partial charge in [-0.15, -0.1) is 0 Å². The number of hydrogen-bond donors (Lipinski definition) is 3. The fourth-order valence-corrected chi connectivity index (χ4v) is 4.31. The zero-order valence-corrected chi connectivity index (χ0v) is 20.3. The quantitative estimate of drug-likeness (QED) is 0.426. The maximum atomic E-state index is 12.6. The minimum absolute atomic E-state index is 0.326. The number of nitrogens with zero attached hydrogens (tertiary/aromatic N) is 1. The summed E-state index contributed by atoms with van der Waals surface area (Å²) in [6.45, 7) is 1.49. The van der Waals surface area contributed by atoms with Gasteiger partial charge in [-0.3, -0.25) is 0 Å². The van der Waals surface area contributed by atoms with Crippen LogP contribution in [-0.4, -0.2) is 55.6 Å². The maximum absolute atomic E-state index is 12.6. The molecule has 3 rings (SSSR count). The Labute approximate surface area is 198 Å². The molecule has 1 unspecified atom stereocenters. The molecule has 0 bridgehead atoms. The molecule has 1 saturated heterocycles. The van der Waals surface area contributed by atoms with E-state index in [-0.39, 0.29) is 0 Å². The van der Waals surface area contributed by atoms with Crippen LogP contribution in [0, 0.1) is 0 Å². The number of alkyl halides is 3. The second-order valence-corrected chi connectivity index (χ2v) is 8.73. The van der Waals surface area contributed by atoms with E-state index in [1.165, 1.54) is 33.1 Å². The summed E-state index contributed by atoms with van der Waals surface area (Å²) in [5, 5.41) is 18.2. The summed E-state index contributed by atoms with van der Waals surface area (Å²) in [4.78, 5) is 2.94. The number of likely N-dealkylation sites (N-methyl/N-ethyl adjacent to an activating group) is 1. The van der Waals surface area contributed by atoms with E-state index in [1.807, 2.05) is 0 Å². The van der Waals surface area contributed by atoms with Crippen molar-refractivity contribution >= 4 is 33.6 Å². The smallest absolute Gasteiger partial charge is 0.419 e. The molecule has 1 aliphatic rings. The van der Waals surface area contributed by atoms with E-state index in [9.17, 15) is 18.3 Å². The summed E-state index contributed by atoms with van der Waals surface area (Å²) in [5.74, 6) is 0.223. The molecule has 0 spiro atoms. The predicted molar refractivity (Wildman–Crippen MR) is 123 cm³/mol. The van der Waals surface area contributed by atoms with Crippen molar-refractivity contribution in [1.29, 1.82) is 0 Å². The molecule has 2 aromatic rings. The van der Waals surface area contributed by atoms with E-state index in [2.05, 4.69) is 32.6 Å². The highest BCUT2D eigenvalue weighted by Gasteiger charge is 2.33. The Morgan fingerprint density at radius 1 is 1.19 bits per heavy atom. The van der Waals surface area contributed by atoms with E-state index in [1.54, 1.807) is 12.1 Å². The molecule has 0 aliphatic carbocycles. The van der Waals surface area contributed by atoms with E-state index >= 15 is 0 Å². The average molecular weight is 539 g/mol. The summed E-state index contributed by atoms with van der Waals surface area (Å²) in [6.07, 6.45) is -2.17.